The van der Waals surface area contributed by atoms with Gasteiger partial charge in [0.25, 0.3) is 0 Å². The fourth-order valence-corrected chi connectivity index (χ4v) is 2.68. The lowest BCUT2D eigenvalue weighted by molar-refractivity contribution is -0.114. The molecule has 2 aliphatic rings. The Morgan fingerprint density at radius 1 is 1.50 bits per heavy atom. The van der Waals surface area contributed by atoms with Gasteiger partial charge in [-0.2, -0.15) is 0 Å². The van der Waals surface area contributed by atoms with Crippen molar-refractivity contribution in [1.82, 2.24) is 0 Å². The predicted octanol–water partition coefficient (Wildman–Crippen LogP) is 1.93. The summed E-state index contributed by atoms with van der Waals surface area (Å²) in [5, 5.41) is 0. The summed E-state index contributed by atoms with van der Waals surface area (Å²) in [7, 11) is 1.51. The molecule has 1 atom stereocenters. The standard InChI is InChI=1S/C13H19NO2/c1-16-12-9-13(14,7-6-11(12)15)8-10-4-2-3-5-10/h6-7,9-10H,2-5,8,14H2,1H3. The van der Waals surface area contributed by atoms with Crippen LogP contribution in [0.5, 0.6) is 0 Å². The summed E-state index contributed by atoms with van der Waals surface area (Å²) < 4.78 is 5.04. The Hall–Kier alpha value is -1.09. The molecule has 0 bridgehead atoms. The van der Waals surface area contributed by atoms with Gasteiger partial charge in [-0.1, -0.05) is 31.8 Å². The van der Waals surface area contributed by atoms with E-state index in [1.165, 1.54) is 38.9 Å². The maximum Gasteiger partial charge on any atom is 0.219 e. The zero-order chi connectivity index (χ0) is 11.6. The Kier molecular flexibility index (Phi) is 3.15. The van der Waals surface area contributed by atoms with Crippen molar-refractivity contribution in [2.75, 3.05) is 7.11 Å². The van der Waals surface area contributed by atoms with Gasteiger partial charge in [0, 0.05) is 0 Å². The van der Waals surface area contributed by atoms with Gasteiger partial charge in [0.2, 0.25) is 5.78 Å². The summed E-state index contributed by atoms with van der Waals surface area (Å²) in [5.74, 6) is 0.982. The zero-order valence-corrected chi connectivity index (χ0v) is 9.74. The Morgan fingerprint density at radius 2 is 2.19 bits per heavy atom. The van der Waals surface area contributed by atoms with Crippen molar-refractivity contribution in [1.29, 1.82) is 0 Å². The SMILES string of the molecule is COC1=CC(N)(CC2CCCC2)C=CC1=O. The molecule has 0 spiro atoms. The first-order chi connectivity index (χ1) is 7.63. The van der Waals surface area contributed by atoms with Crippen molar-refractivity contribution in [2.24, 2.45) is 11.7 Å². The normalized spacial score (nSPS) is 30.6. The van der Waals surface area contributed by atoms with Crippen LogP contribution in [-0.2, 0) is 9.53 Å². The quantitative estimate of drug-likeness (QED) is 0.792. The van der Waals surface area contributed by atoms with Crippen LogP contribution >= 0.6 is 0 Å². The molecule has 0 saturated heterocycles. The number of allylic oxidation sites excluding steroid dienone is 1. The molecule has 16 heavy (non-hydrogen) atoms. The smallest absolute Gasteiger partial charge is 0.219 e. The fourth-order valence-electron chi connectivity index (χ4n) is 2.68. The first-order valence-corrected chi connectivity index (χ1v) is 5.92. The van der Waals surface area contributed by atoms with Crippen LogP contribution in [0.25, 0.3) is 0 Å². The average Bonchev–Trinajstić information content (AvgIpc) is 2.74. The number of carbonyl (C=O) groups excluding carboxylic acids is 1. The van der Waals surface area contributed by atoms with E-state index in [4.69, 9.17) is 10.5 Å². The number of ketones is 1. The molecule has 2 aliphatic carbocycles. The number of hydrogen-bond acceptors (Lipinski definition) is 3. The van der Waals surface area contributed by atoms with E-state index in [0.29, 0.717) is 11.7 Å². The lowest BCUT2D eigenvalue weighted by atomic mass is 9.83. The van der Waals surface area contributed by atoms with Gasteiger partial charge in [0.15, 0.2) is 5.76 Å². The molecule has 0 aromatic carbocycles. The molecular weight excluding hydrogens is 202 g/mol. The van der Waals surface area contributed by atoms with Gasteiger partial charge in [-0.25, -0.2) is 0 Å². The third kappa shape index (κ3) is 2.35. The number of carbonyl (C=O) groups is 1. The van der Waals surface area contributed by atoms with Crippen LogP contribution in [-0.4, -0.2) is 18.4 Å². The first kappa shape index (κ1) is 11.4. The van der Waals surface area contributed by atoms with E-state index in [-0.39, 0.29) is 5.78 Å². The van der Waals surface area contributed by atoms with E-state index in [2.05, 4.69) is 0 Å². The molecule has 3 heteroatoms. The lowest BCUT2D eigenvalue weighted by Crippen LogP contribution is -2.40. The molecule has 1 unspecified atom stereocenters. The summed E-state index contributed by atoms with van der Waals surface area (Å²) in [6.07, 6.45) is 11.2. The van der Waals surface area contributed by atoms with E-state index < -0.39 is 5.54 Å². The molecule has 2 N–H and O–H groups in total. The second-order valence-corrected chi connectivity index (χ2v) is 4.88. The van der Waals surface area contributed by atoms with Crippen molar-refractivity contribution in [3.8, 4) is 0 Å². The minimum absolute atomic E-state index is 0.0880. The Labute approximate surface area is 96.3 Å². The highest BCUT2D eigenvalue weighted by molar-refractivity contribution is 6.03. The number of hydrogen-bond donors (Lipinski definition) is 1. The average molecular weight is 221 g/mol. The summed E-state index contributed by atoms with van der Waals surface area (Å²) in [4.78, 5) is 11.4. The van der Waals surface area contributed by atoms with E-state index in [1.54, 1.807) is 6.08 Å². The summed E-state index contributed by atoms with van der Waals surface area (Å²) in [5.41, 5.74) is 5.78. The third-order valence-electron chi connectivity index (χ3n) is 3.52. The van der Waals surface area contributed by atoms with Crippen LogP contribution in [0, 0.1) is 5.92 Å². The molecular formula is C13H19NO2. The monoisotopic (exact) mass is 221 g/mol. The van der Waals surface area contributed by atoms with Gasteiger partial charge in [0.1, 0.15) is 0 Å². The molecule has 1 saturated carbocycles. The number of rotatable bonds is 3. The van der Waals surface area contributed by atoms with Gasteiger partial charge < -0.3 is 10.5 Å². The fraction of sp³-hybridized carbons (Fsp3) is 0.615. The molecule has 2 rings (SSSR count). The molecule has 1 fully saturated rings. The lowest BCUT2D eigenvalue weighted by Gasteiger charge is -2.28. The van der Waals surface area contributed by atoms with E-state index in [1.807, 2.05) is 6.08 Å². The predicted molar refractivity (Wildman–Crippen MR) is 62.7 cm³/mol. The largest absolute Gasteiger partial charge is 0.493 e. The maximum atomic E-state index is 11.4. The number of ether oxygens (including phenoxy) is 1. The van der Waals surface area contributed by atoms with Crippen LogP contribution in [0.2, 0.25) is 0 Å². The highest BCUT2D eigenvalue weighted by Crippen LogP contribution is 2.33. The highest BCUT2D eigenvalue weighted by atomic mass is 16.5. The van der Waals surface area contributed by atoms with Crippen LogP contribution in [0.3, 0.4) is 0 Å². The Morgan fingerprint density at radius 3 is 2.81 bits per heavy atom. The molecule has 0 amide bonds. The topological polar surface area (TPSA) is 52.3 Å². The van der Waals surface area contributed by atoms with Crippen LogP contribution < -0.4 is 5.73 Å². The molecule has 0 heterocycles. The van der Waals surface area contributed by atoms with Crippen molar-refractivity contribution >= 4 is 5.78 Å². The molecule has 0 radical (unpaired) electrons. The van der Waals surface area contributed by atoms with Crippen molar-refractivity contribution in [2.45, 2.75) is 37.6 Å². The van der Waals surface area contributed by atoms with Crippen molar-refractivity contribution in [3.05, 3.63) is 24.0 Å². The third-order valence-corrected chi connectivity index (χ3v) is 3.52. The number of nitrogens with two attached hydrogens (primary N) is 1. The van der Waals surface area contributed by atoms with E-state index >= 15 is 0 Å². The second kappa shape index (κ2) is 4.42. The van der Waals surface area contributed by atoms with Gasteiger partial charge in [-0.15, -0.1) is 0 Å². The van der Waals surface area contributed by atoms with Gasteiger partial charge >= 0.3 is 0 Å². The summed E-state index contributed by atoms with van der Waals surface area (Å²) in [6, 6.07) is 0. The van der Waals surface area contributed by atoms with Crippen LogP contribution in [0.15, 0.2) is 24.0 Å². The van der Waals surface area contributed by atoms with Crippen molar-refractivity contribution < 1.29 is 9.53 Å². The molecule has 0 aliphatic heterocycles. The second-order valence-electron chi connectivity index (χ2n) is 4.88. The Balaban J connectivity index is 2.09. The van der Waals surface area contributed by atoms with Crippen molar-refractivity contribution in [3.63, 3.8) is 0 Å². The minimum Gasteiger partial charge on any atom is -0.493 e. The van der Waals surface area contributed by atoms with Crippen LogP contribution in [0.1, 0.15) is 32.1 Å². The summed E-state index contributed by atoms with van der Waals surface area (Å²) >= 11 is 0. The highest BCUT2D eigenvalue weighted by Gasteiger charge is 2.30. The van der Waals surface area contributed by atoms with Gasteiger partial charge in [0.05, 0.1) is 12.6 Å². The maximum absolute atomic E-state index is 11.4. The molecule has 3 nitrogen and oxygen atoms in total. The summed E-state index contributed by atoms with van der Waals surface area (Å²) in [6.45, 7) is 0. The van der Waals surface area contributed by atoms with E-state index in [0.717, 1.165) is 6.42 Å². The number of methoxy groups -OCH3 is 1. The van der Waals surface area contributed by atoms with Gasteiger partial charge in [-0.05, 0) is 24.5 Å². The molecule has 0 aromatic heterocycles. The minimum atomic E-state index is -0.492. The Bertz CT molecular complexity index is 340. The zero-order valence-electron chi connectivity index (χ0n) is 9.74. The van der Waals surface area contributed by atoms with E-state index in [9.17, 15) is 4.79 Å². The van der Waals surface area contributed by atoms with Crippen LogP contribution in [0.4, 0.5) is 0 Å². The first-order valence-electron chi connectivity index (χ1n) is 5.92. The molecule has 0 aromatic rings. The van der Waals surface area contributed by atoms with Gasteiger partial charge in [-0.3, -0.25) is 4.79 Å². The molecule has 88 valence electrons.